The maximum Gasteiger partial charge on any atom is 0.187 e. The molecule has 0 radical (unpaired) electrons. The molecule has 1 atom stereocenters. The Bertz CT molecular complexity index is 348. The summed E-state index contributed by atoms with van der Waals surface area (Å²) in [5.74, 6) is 0.757. The predicted molar refractivity (Wildman–Crippen MR) is 71.3 cm³/mol. The number of hydrogen-bond donors (Lipinski definition) is 2. The summed E-state index contributed by atoms with van der Waals surface area (Å²) in [6.45, 7) is 7.11. The molecule has 17 heavy (non-hydrogen) atoms. The fraction of sp³-hybridized carbons (Fsp3) is 0.667. The molecule has 1 unspecified atom stereocenters. The Morgan fingerprint density at radius 1 is 1.53 bits per heavy atom. The first kappa shape index (κ1) is 14.4. The number of aryl methyl sites for hydroxylation is 1. The second kappa shape index (κ2) is 6.93. The van der Waals surface area contributed by atoms with Gasteiger partial charge in [-0.2, -0.15) is 0 Å². The van der Waals surface area contributed by atoms with Gasteiger partial charge in [-0.1, -0.05) is 18.7 Å². The summed E-state index contributed by atoms with van der Waals surface area (Å²) in [5.41, 5.74) is 0.697. The summed E-state index contributed by atoms with van der Waals surface area (Å²) in [4.78, 5) is 8.53. The Balaban J connectivity index is 2.52. The Labute approximate surface area is 107 Å². The van der Waals surface area contributed by atoms with Crippen LogP contribution in [0.5, 0.6) is 0 Å². The molecule has 0 amide bonds. The zero-order chi connectivity index (χ0) is 12.7. The van der Waals surface area contributed by atoms with Gasteiger partial charge in [0.25, 0.3) is 0 Å². The molecular formula is C12H21N3OS. The van der Waals surface area contributed by atoms with Crippen LogP contribution in [0.4, 0.5) is 0 Å². The molecule has 1 rings (SSSR count). The lowest BCUT2D eigenvalue weighted by Gasteiger charge is -2.28. The van der Waals surface area contributed by atoms with Gasteiger partial charge in [0.2, 0.25) is 0 Å². The SMILES string of the molecule is CCCNC(C)(CO)CSc1nccc(C)n1. The van der Waals surface area contributed by atoms with Crippen molar-refractivity contribution in [2.24, 2.45) is 0 Å². The van der Waals surface area contributed by atoms with Gasteiger partial charge in [0.15, 0.2) is 5.16 Å². The lowest BCUT2D eigenvalue weighted by Crippen LogP contribution is -2.48. The van der Waals surface area contributed by atoms with Crippen molar-refractivity contribution in [2.45, 2.75) is 37.9 Å². The van der Waals surface area contributed by atoms with Gasteiger partial charge in [0.1, 0.15) is 0 Å². The van der Waals surface area contributed by atoms with Crippen molar-refractivity contribution >= 4 is 11.8 Å². The van der Waals surface area contributed by atoms with Gasteiger partial charge in [-0.3, -0.25) is 0 Å². The Morgan fingerprint density at radius 3 is 2.88 bits per heavy atom. The maximum atomic E-state index is 9.43. The third-order valence-electron chi connectivity index (χ3n) is 2.44. The summed E-state index contributed by atoms with van der Waals surface area (Å²) in [6.07, 6.45) is 2.82. The highest BCUT2D eigenvalue weighted by Gasteiger charge is 2.22. The van der Waals surface area contributed by atoms with E-state index in [2.05, 4.69) is 22.2 Å². The molecule has 0 aliphatic rings. The van der Waals surface area contributed by atoms with E-state index in [1.165, 1.54) is 0 Å². The first-order valence-electron chi connectivity index (χ1n) is 5.88. The summed E-state index contributed by atoms with van der Waals surface area (Å²) in [7, 11) is 0. The molecule has 0 fully saturated rings. The topological polar surface area (TPSA) is 58.0 Å². The fourth-order valence-corrected chi connectivity index (χ4v) is 2.28. The van der Waals surface area contributed by atoms with Crippen LogP contribution in [0.25, 0.3) is 0 Å². The molecular weight excluding hydrogens is 234 g/mol. The number of aliphatic hydroxyl groups excluding tert-OH is 1. The highest BCUT2D eigenvalue weighted by Crippen LogP contribution is 2.19. The number of hydrogen-bond acceptors (Lipinski definition) is 5. The maximum absolute atomic E-state index is 9.43. The van der Waals surface area contributed by atoms with Gasteiger partial charge >= 0.3 is 0 Å². The second-order valence-electron chi connectivity index (χ2n) is 4.41. The van der Waals surface area contributed by atoms with Crippen molar-refractivity contribution in [3.8, 4) is 0 Å². The average molecular weight is 255 g/mol. The van der Waals surface area contributed by atoms with E-state index < -0.39 is 0 Å². The molecule has 0 saturated carbocycles. The van der Waals surface area contributed by atoms with E-state index in [1.807, 2.05) is 19.9 Å². The van der Waals surface area contributed by atoms with Crippen LogP contribution < -0.4 is 5.32 Å². The molecule has 1 aromatic rings. The minimum Gasteiger partial charge on any atom is -0.394 e. The Morgan fingerprint density at radius 2 is 2.29 bits per heavy atom. The molecule has 0 aliphatic carbocycles. The van der Waals surface area contributed by atoms with Gasteiger partial charge in [0.05, 0.1) is 6.61 Å². The smallest absolute Gasteiger partial charge is 0.187 e. The minimum atomic E-state index is -0.270. The summed E-state index contributed by atoms with van der Waals surface area (Å²) < 4.78 is 0. The summed E-state index contributed by atoms with van der Waals surface area (Å²) in [5, 5.41) is 13.5. The number of thioether (sulfide) groups is 1. The standard InChI is InChI=1S/C12H21N3OS/c1-4-6-14-12(3,8-16)9-17-11-13-7-5-10(2)15-11/h5,7,14,16H,4,6,8-9H2,1-3H3. The van der Waals surface area contributed by atoms with Crippen LogP contribution in [0.15, 0.2) is 17.4 Å². The molecule has 2 N–H and O–H groups in total. The molecule has 1 aromatic heterocycles. The summed E-state index contributed by atoms with van der Waals surface area (Å²) in [6, 6.07) is 1.88. The van der Waals surface area contributed by atoms with Crippen LogP contribution in [0.3, 0.4) is 0 Å². The van der Waals surface area contributed by atoms with Crippen LogP contribution in [-0.2, 0) is 0 Å². The molecule has 96 valence electrons. The monoisotopic (exact) mass is 255 g/mol. The first-order chi connectivity index (χ1) is 8.09. The van der Waals surface area contributed by atoms with E-state index in [0.29, 0.717) is 0 Å². The van der Waals surface area contributed by atoms with Crippen LogP contribution in [0.2, 0.25) is 0 Å². The molecule has 0 saturated heterocycles. The molecule has 0 spiro atoms. The predicted octanol–water partition coefficient (Wildman–Crippen LogP) is 1.63. The van der Waals surface area contributed by atoms with Gasteiger partial charge < -0.3 is 10.4 Å². The lowest BCUT2D eigenvalue weighted by molar-refractivity contribution is 0.192. The largest absolute Gasteiger partial charge is 0.394 e. The van der Waals surface area contributed by atoms with Crippen LogP contribution >= 0.6 is 11.8 Å². The van der Waals surface area contributed by atoms with E-state index >= 15 is 0 Å². The highest BCUT2D eigenvalue weighted by molar-refractivity contribution is 7.99. The van der Waals surface area contributed by atoms with E-state index in [4.69, 9.17) is 0 Å². The number of aromatic nitrogens is 2. The van der Waals surface area contributed by atoms with Gasteiger partial charge in [-0.05, 0) is 32.9 Å². The third kappa shape index (κ3) is 5.02. The molecule has 4 nitrogen and oxygen atoms in total. The molecule has 0 aliphatic heterocycles. The Kier molecular flexibility index (Phi) is 5.88. The summed E-state index contributed by atoms with van der Waals surface area (Å²) >= 11 is 1.57. The first-order valence-corrected chi connectivity index (χ1v) is 6.86. The van der Waals surface area contributed by atoms with Gasteiger partial charge in [-0.25, -0.2) is 9.97 Å². The van der Waals surface area contributed by atoms with E-state index in [0.717, 1.165) is 29.6 Å². The van der Waals surface area contributed by atoms with E-state index in [-0.39, 0.29) is 12.1 Å². The third-order valence-corrected chi connectivity index (χ3v) is 3.68. The van der Waals surface area contributed by atoms with E-state index in [9.17, 15) is 5.11 Å². The average Bonchev–Trinajstić information content (AvgIpc) is 2.34. The number of rotatable bonds is 7. The normalized spacial score (nSPS) is 14.6. The van der Waals surface area contributed by atoms with Crippen molar-refractivity contribution in [2.75, 3.05) is 18.9 Å². The fourth-order valence-electron chi connectivity index (χ4n) is 1.30. The van der Waals surface area contributed by atoms with Crippen LogP contribution in [0.1, 0.15) is 26.0 Å². The van der Waals surface area contributed by atoms with Crippen molar-refractivity contribution in [3.05, 3.63) is 18.0 Å². The second-order valence-corrected chi connectivity index (χ2v) is 5.36. The van der Waals surface area contributed by atoms with Gasteiger partial charge in [0, 0.05) is 23.2 Å². The van der Waals surface area contributed by atoms with Crippen molar-refractivity contribution in [3.63, 3.8) is 0 Å². The number of aliphatic hydroxyl groups is 1. The minimum absolute atomic E-state index is 0.117. The van der Waals surface area contributed by atoms with Crippen molar-refractivity contribution in [1.82, 2.24) is 15.3 Å². The van der Waals surface area contributed by atoms with Gasteiger partial charge in [-0.15, -0.1) is 0 Å². The molecule has 0 bridgehead atoms. The van der Waals surface area contributed by atoms with Crippen molar-refractivity contribution < 1.29 is 5.11 Å². The van der Waals surface area contributed by atoms with Crippen LogP contribution in [0, 0.1) is 6.92 Å². The number of nitrogens with zero attached hydrogens (tertiary/aromatic N) is 2. The van der Waals surface area contributed by atoms with Crippen molar-refractivity contribution in [1.29, 1.82) is 0 Å². The zero-order valence-electron chi connectivity index (χ0n) is 10.7. The zero-order valence-corrected chi connectivity index (χ0v) is 11.5. The molecule has 0 aromatic carbocycles. The van der Waals surface area contributed by atoms with E-state index in [1.54, 1.807) is 18.0 Å². The Hall–Kier alpha value is -0.650. The molecule has 5 heteroatoms. The number of nitrogens with one attached hydrogen (secondary N) is 1. The van der Waals surface area contributed by atoms with Crippen LogP contribution in [-0.4, -0.2) is 39.5 Å². The highest BCUT2D eigenvalue weighted by atomic mass is 32.2. The molecule has 1 heterocycles. The quantitative estimate of drug-likeness (QED) is 0.573. The lowest BCUT2D eigenvalue weighted by atomic mass is 10.1.